The normalized spacial score (nSPS) is 16.3. The Labute approximate surface area is 222 Å². The van der Waals surface area contributed by atoms with E-state index in [0.29, 0.717) is 35.2 Å². The van der Waals surface area contributed by atoms with E-state index in [0.717, 1.165) is 10.7 Å². The summed E-state index contributed by atoms with van der Waals surface area (Å²) in [6.45, 7) is 1.20. The Kier molecular flexibility index (Phi) is 7.70. The molecule has 0 radical (unpaired) electrons. The third kappa shape index (κ3) is 5.69. The highest BCUT2D eigenvalue weighted by Crippen LogP contribution is 2.33. The van der Waals surface area contributed by atoms with Gasteiger partial charge in [0.25, 0.3) is 10.0 Å². The van der Waals surface area contributed by atoms with Crippen LogP contribution in [0.2, 0.25) is 5.02 Å². The van der Waals surface area contributed by atoms with Crippen molar-refractivity contribution in [3.05, 3.63) is 77.6 Å². The molecular formula is C25H28ClFN4O4S2. The van der Waals surface area contributed by atoms with Crippen molar-refractivity contribution < 1.29 is 21.2 Å². The smallest absolute Gasteiger partial charge is 0.261 e. The van der Waals surface area contributed by atoms with Gasteiger partial charge in [-0.2, -0.15) is 0 Å². The molecule has 37 heavy (non-hydrogen) atoms. The van der Waals surface area contributed by atoms with Crippen LogP contribution in [0.15, 0.2) is 76.5 Å². The maximum absolute atomic E-state index is 14.4. The number of rotatable bonds is 8. The number of nitrogens with one attached hydrogen (secondary N) is 1. The molecule has 1 aliphatic rings. The van der Waals surface area contributed by atoms with Crippen LogP contribution < -0.4 is 14.5 Å². The molecule has 0 saturated carbocycles. The average molecular weight is 567 g/mol. The lowest BCUT2D eigenvalue weighted by atomic mass is 10.2. The highest BCUT2D eigenvalue weighted by atomic mass is 35.5. The van der Waals surface area contributed by atoms with Gasteiger partial charge in [0.05, 0.1) is 26.9 Å². The molecule has 198 valence electrons. The molecule has 0 amide bonds. The standard InChI is InChI=1S/C25H28ClFN4O4S2/c1-29(2)37(34,35)21-11-9-20(10-12-21)36(32,33)28-23-6-4-5-7-25(23)30(3)19-14-15-31(17-19)24-13-8-18(26)16-22(24)27/h4-13,16,19,28H,14-15,17H2,1-3H3. The van der Waals surface area contributed by atoms with Gasteiger partial charge in [-0.25, -0.2) is 25.5 Å². The molecule has 1 N–H and O–H groups in total. The third-order valence-corrected chi connectivity index (χ3v) is 9.85. The van der Waals surface area contributed by atoms with Gasteiger partial charge in [0.1, 0.15) is 5.82 Å². The largest absolute Gasteiger partial charge is 0.368 e. The molecule has 1 fully saturated rings. The minimum atomic E-state index is -4.00. The number of hydrogen-bond donors (Lipinski definition) is 1. The molecule has 4 rings (SSSR count). The van der Waals surface area contributed by atoms with E-state index in [1.165, 1.54) is 44.4 Å². The summed E-state index contributed by atoms with van der Waals surface area (Å²) in [5.74, 6) is -0.381. The van der Waals surface area contributed by atoms with Crippen LogP contribution in [0.5, 0.6) is 0 Å². The second-order valence-corrected chi connectivity index (χ2v) is 13.2. The fourth-order valence-corrected chi connectivity index (χ4v) is 6.42. The summed E-state index contributed by atoms with van der Waals surface area (Å²) in [5, 5.41) is 0.337. The van der Waals surface area contributed by atoms with Crippen molar-refractivity contribution in [2.75, 3.05) is 48.8 Å². The van der Waals surface area contributed by atoms with Gasteiger partial charge >= 0.3 is 0 Å². The van der Waals surface area contributed by atoms with Crippen molar-refractivity contribution in [1.82, 2.24) is 4.31 Å². The molecular weight excluding hydrogens is 539 g/mol. The van der Waals surface area contributed by atoms with Crippen LogP contribution in [0.4, 0.5) is 21.5 Å². The van der Waals surface area contributed by atoms with Crippen molar-refractivity contribution >= 4 is 48.7 Å². The van der Waals surface area contributed by atoms with Crippen LogP contribution in [0.3, 0.4) is 0 Å². The lowest BCUT2D eigenvalue weighted by Gasteiger charge is -2.29. The van der Waals surface area contributed by atoms with Gasteiger partial charge in [0.15, 0.2) is 0 Å². The number of sulfonamides is 2. The van der Waals surface area contributed by atoms with Gasteiger partial charge in [-0.1, -0.05) is 23.7 Å². The lowest BCUT2D eigenvalue weighted by molar-refractivity contribution is 0.520. The zero-order chi connectivity index (χ0) is 27.0. The Morgan fingerprint density at radius 3 is 2.24 bits per heavy atom. The van der Waals surface area contributed by atoms with Crippen LogP contribution in [0.25, 0.3) is 0 Å². The Bertz CT molecular complexity index is 1500. The summed E-state index contributed by atoms with van der Waals surface area (Å²) < 4.78 is 69.0. The molecule has 1 aliphatic heterocycles. The molecule has 1 saturated heterocycles. The van der Waals surface area contributed by atoms with Gasteiger partial charge in [0, 0.05) is 45.3 Å². The van der Waals surface area contributed by atoms with Crippen molar-refractivity contribution in [3.8, 4) is 0 Å². The first kappa shape index (κ1) is 27.2. The summed E-state index contributed by atoms with van der Waals surface area (Å²) in [6, 6.07) is 16.7. The number of anilines is 3. The summed E-state index contributed by atoms with van der Waals surface area (Å²) in [4.78, 5) is 3.87. The highest BCUT2D eigenvalue weighted by molar-refractivity contribution is 7.92. The molecule has 0 bridgehead atoms. The SMILES string of the molecule is CN(c1ccccc1NS(=O)(=O)c1ccc(S(=O)(=O)N(C)C)cc1)C1CCN(c2ccc(Cl)cc2F)C1. The van der Waals surface area contributed by atoms with Gasteiger partial charge in [-0.05, 0) is 61.0 Å². The molecule has 0 aliphatic carbocycles. The Morgan fingerprint density at radius 2 is 1.59 bits per heavy atom. The van der Waals surface area contributed by atoms with E-state index in [1.807, 2.05) is 29.0 Å². The van der Waals surface area contributed by atoms with E-state index < -0.39 is 20.0 Å². The van der Waals surface area contributed by atoms with E-state index in [-0.39, 0.29) is 21.7 Å². The number of likely N-dealkylation sites (N-methyl/N-ethyl adjacent to an activating group) is 1. The predicted molar refractivity (Wildman–Crippen MR) is 145 cm³/mol. The van der Waals surface area contributed by atoms with Crippen molar-refractivity contribution in [2.24, 2.45) is 0 Å². The monoisotopic (exact) mass is 566 g/mol. The van der Waals surface area contributed by atoms with Crippen LogP contribution >= 0.6 is 11.6 Å². The van der Waals surface area contributed by atoms with E-state index >= 15 is 0 Å². The number of hydrogen-bond acceptors (Lipinski definition) is 6. The lowest BCUT2D eigenvalue weighted by Crippen LogP contribution is -2.35. The zero-order valence-corrected chi connectivity index (χ0v) is 23.0. The third-order valence-electron chi connectivity index (χ3n) is 6.40. The molecule has 1 unspecified atom stereocenters. The zero-order valence-electron chi connectivity index (χ0n) is 20.6. The van der Waals surface area contributed by atoms with Crippen molar-refractivity contribution in [1.29, 1.82) is 0 Å². The molecule has 0 spiro atoms. The average Bonchev–Trinajstić information content (AvgIpc) is 3.33. The second kappa shape index (κ2) is 10.5. The van der Waals surface area contributed by atoms with E-state index in [2.05, 4.69) is 4.72 Å². The van der Waals surface area contributed by atoms with Gasteiger partial charge in [0.2, 0.25) is 10.0 Å². The minimum Gasteiger partial charge on any atom is -0.368 e. The first-order valence-corrected chi connectivity index (χ1v) is 14.8. The topological polar surface area (TPSA) is 90.0 Å². The minimum absolute atomic E-state index is 0.000467. The fourth-order valence-electron chi connectivity index (χ4n) is 4.28. The van der Waals surface area contributed by atoms with E-state index in [4.69, 9.17) is 11.6 Å². The van der Waals surface area contributed by atoms with E-state index in [9.17, 15) is 21.2 Å². The molecule has 12 heteroatoms. The quantitative estimate of drug-likeness (QED) is 0.438. The fraction of sp³-hybridized carbons (Fsp3) is 0.280. The van der Waals surface area contributed by atoms with Crippen molar-refractivity contribution in [3.63, 3.8) is 0 Å². The Balaban J connectivity index is 1.53. The molecule has 1 heterocycles. The first-order valence-electron chi connectivity index (χ1n) is 11.5. The van der Waals surface area contributed by atoms with Crippen molar-refractivity contribution in [2.45, 2.75) is 22.3 Å². The van der Waals surface area contributed by atoms with Crippen LogP contribution in [-0.2, 0) is 20.0 Å². The van der Waals surface area contributed by atoms with Crippen LogP contribution in [0, 0.1) is 5.82 Å². The summed E-state index contributed by atoms with van der Waals surface area (Å²) in [5.41, 5.74) is 1.53. The highest BCUT2D eigenvalue weighted by Gasteiger charge is 2.29. The number of benzene rings is 3. The predicted octanol–water partition coefficient (Wildman–Crippen LogP) is 4.25. The molecule has 0 aromatic heterocycles. The molecule has 3 aromatic rings. The number of halogens is 2. The number of para-hydroxylation sites is 2. The molecule has 1 atom stereocenters. The summed E-state index contributed by atoms with van der Waals surface area (Å²) in [6.07, 6.45) is 0.751. The first-order chi connectivity index (χ1) is 17.4. The van der Waals surface area contributed by atoms with E-state index in [1.54, 1.807) is 24.3 Å². The summed E-state index contributed by atoms with van der Waals surface area (Å²) >= 11 is 5.89. The van der Waals surface area contributed by atoms with Gasteiger partial charge in [-0.15, -0.1) is 0 Å². The van der Waals surface area contributed by atoms with Crippen LogP contribution in [-0.4, -0.2) is 61.4 Å². The Hall–Kier alpha value is -2.86. The maximum atomic E-state index is 14.4. The van der Waals surface area contributed by atoms with Crippen LogP contribution in [0.1, 0.15) is 6.42 Å². The maximum Gasteiger partial charge on any atom is 0.261 e. The second-order valence-electron chi connectivity index (χ2n) is 8.98. The van der Waals surface area contributed by atoms with Gasteiger partial charge < -0.3 is 9.80 Å². The Morgan fingerprint density at radius 1 is 0.946 bits per heavy atom. The summed E-state index contributed by atoms with van der Waals surface area (Å²) in [7, 11) is -2.98. The molecule has 8 nitrogen and oxygen atoms in total. The van der Waals surface area contributed by atoms with Gasteiger partial charge in [-0.3, -0.25) is 4.72 Å². The number of nitrogens with zero attached hydrogens (tertiary/aromatic N) is 3. The molecule has 3 aromatic carbocycles.